The van der Waals surface area contributed by atoms with Crippen LogP contribution in [0.1, 0.15) is 18.9 Å². The number of benzene rings is 1. The van der Waals surface area contributed by atoms with E-state index in [0.29, 0.717) is 13.0 Å². The van der Waals surface area contributed by atoms with E-state index in [1.165, 1.54) is 5.56 Å². The second kappa shape index (κ2) is 6.05. The van der Waals surface area contributed by atoms with Crippen LogP contribution in [-0.2, 0) is 6.42 Å². The maximum Gasteiger partial charge on any atom is 0.122 e. The number of para-hydroxylation sites is 1. The lowest BCUT2D eigenvalue weighted by Gasteiger charge is -2.10. The maximum atomic E-state index is 8.50. The highest BCUT2D eigenvalue weighted by atomic mass is 16.5. The second-order valence-corrected chi connectivity index (χ2v) is 3.33. The maximum absolute atomic E-state index is 8.50. The Morgan fingerprint density at radius 1 is 1.47 bits per heavy atom. The number of ether oxygens (including phenoxy) is 1. The van der Waals surface area contributed by atoms with Crippen LogP contribution in [0.3, 0.4) is 0 Å². The van der Waals surface area contributed by atoms with Gasteiger partial charge >= 0.3 is 0 Å². The monoisotopic (exact) mass is 204 g/mol. The lowest BCUT2D eigenvalue weighted by Crippen LogP contribution is -2.20. The van der Waals surface area contributed by atoms with Gasteiger partial charge in [-0.3, -0.25) is 0 Å². The molecule has 0 aliphatic heterocycles. The zero-order valence-electron chi connectivity index (χ0n) is 8.94. The van der Waals surface area contributed by atoms with Crippen LogP contribution in [-0.4, -0.2) is 12.6 Å². The van der Waals surface area contributed by atoms with Crippen LogP contribution in [0.25, 0.3) is 0 Å². The minimum absolute atomic E-state index is 0.432. The van der Waals surface area contributed by atoms with Gasteiger partial charge in [0.05, 0.1) is 18.7 Å². The molecule has 0 radical (unpaired) electrons. The summed E-state index contributed by atoms with van der Waals surface area (Å²) in [6.45, 7) is 2.58. The number of rotatable bonds is 5. The summed E-state index contributed by atoms with van der Waals surface area (Å²) in [5.41, 5.74) is 6.65. The largest absolute Gasteiger partial charge is 0.493 e. The van der Waals surface area contributed by atoms with Gasteiger partial charge in [-0.1, -0.05) is 25.1 Å². The van der Waals surface area contributed by atoms with Crippen molar-refractivity contribution < 1.29 is 4.74 Å². The first-order chi connectivity index (χ1) is 7.27. The van der Waals surface area contributed by atoms with Crippen LogP contribution in [0.15, 0.2) is 24.3 Å². The summed E-state index contributed by atoms with van der Waals surface area (Å²) in [6.07, 6.45) is 1.51. The van der Waals surface area contributed by atoms with Gasteiger partial charge in [0, 0.05) is 6.42 Å². The van der Waals surface area contributed by atoms with Gasteiger partial charge < -0.3 is 10.5 Å². The molecule has 0 amide bonds. The lowest BCUT2D eigenvalue weighted by molar-refractivity contribution is 0.303. The highest BCUT2D eigenvalue weighted by molar-refractivity contribution is 5.33. The fourth-order valence-electron chi connectivity index (χ4n) is 1.30. The van der Waals surface area contributed by atoms with E-state index < -0.39 is 6.04 Å². The Kier molecular flexibility index (Phi) is 4.65. The van der Waals surface area contributed by atoms with Gasteiger partial charge in [0.1, 0.15) is 5.75 Å². The zero-order chi connectivity index (χ0) is 11.1. The van der Waals surface area contributed by atoms with Crippen molar-refractivity contribution in [3.05, 3.63) is 29.8 Å². The Morgan fingerprint density at radius 2 is 2.20 bits per heavy atom. The van der Waals surface area contributed by atoms with E-state index in [1.54, 1.807) is 0 Å². The molecule has 1 unspecified atom stereocenters. The minimum Gasteiger partial charge on any atom is -0.493 e. The van der Waals surface area contributed by atoms with E-state index in [4.69, 9.17) is 15.7 Å². The number of nitrogens with zero attached hydrogens (tertiary/aromatic N) is 1. The van der Waals surface area contributed by atoms with Crippen molar-refractivity contribution in [3.8, 4) is 11.8 Å². The first-order valence-electron chi connectivity index (χ1n) is 5.13. The molecule has 3 heteroatoms. The molecule has 0 heterocycles. The molecule has 80 valence electrons. The Morgan fingerprint density at radius 3 is 2.87 bits per heavy atom. The lowest BCUT2D eigenvalue weighted by atomic mass is 10.1. The van der Waals surface area contributed by atoms with Crippen molar-refractivity contribution in [2.24, 2.45) is 5.73 Å². The smallest absolute Gasteiger partial charge is 0.122 e. The van der Waals surface area contributed by atoms with Crippen molar-refractivity contribution in [2.45, 2.75) is 25.8 Å². The topological polar surface area (TPSA) is 59.0 Å². The number of hydrogen-bond donors (Lipinski definition) is 1. The molecule has 3 nitrogen and oxygen atoms in total. The second-order valence-electron chi connectivity index (χ2n) is 3.33. The van der Waals surface area contributed by atoms with Gasteiger partial charge in [-0.2, -0.15) is 5.26 Å². The fourth-order valence-corrected chi connectivity index (χ4v) is 1.30. The molecule has 1 rings (SSSR count). The molecule has 0 bridgehead atoms. The SMILES string of the molecule is CCc1ccccc1OCCC(N)C#N. The quantitative estimate of drug-likeness (QED) is 0.796. The van der Waals surface area contributed by atoms with Gasteiger partial charge in [-0.25, -0.2) is 0 Å². The first kappa shape index (κ1) is 11.5. The van der Waals surface area contributed by atoms with E-state index in [2.05, 4.69) is 6.92 Å². The Bertz CT molecular complexity index is 344. The van der Waals surface area contributed by atoms with E-state index in [0.717, 1.165) is 12.2 Å². The molecule has 0 aromatic heterocycles. The Hall–Kier alpha value is -1.53. The number of hydrogen-bond acceptors (Lipinski definition) is 3. The average molecular weight is 204 g/mol. The highest BCUT2D eigenvalue weighted by Gasteiger charge is 2.03. The molecule has 0 aliphatic rings. The first-order valence-corrected chi connectivity index (χ1v) is 5.13. The van der Waals surface area contributed by atoms with Crippen LogP contribution < -0.4 is 10.5 Å². The molecule has 1 aromatic carbocycles. The van der Waals surface area contributed by atoms with Gasteiger partial charge in [-0.05, 0) is 18.1 Å². The fraction of sp³-hybridized carbons (Fsp3) is 0.417. The predicted octanol–water partition coefficient (Wildman–Crippen LogP) is 1.87. The number of aryl methyl sites for hydroxylation is 1. The van der Waals surface area contributed by atoms with Crippen molar-refractivity contribution in [1.82, 2.24) is 0 Å². The highest BCUT2D eigenvalue weighted by Crippen LogP contribution is 2.18. The molecule has 0 fully saturated rings. The predicted molar refractivity (Wildman–Crippen MR) is 59.5 cm³/mol. The molecular formula is C12H16N2O. The number of nitrogens with two attached hydrogens (primary N) is 1. The summed E-state index contributed by atoms with van der Waals surface area (Å²) in [5, 5.41) is 8.50. The van der Waals surface area contributed by atoms with E-state index in [-0.39, 0.29) is 0 Å². The van der Waals surface area contributed by atoms with Gasteiger partial charge in [0.15, 0.2) is 0 Å². The Labute approximate surface area is 90.5 Å². The summed E-state index contributed by atoms with van der Waals surface area (Å²) >= 11 is 0. The standard InChI is InChI=1S/C12H16N2O/c1-2-10-5-3-4-6-12(10)15-8-7-11(14)9-13/h3-6,11H,2,7-8,14H2,1H3. The molecular weight excluding hydrogens is 188 g/mol. The van der Waals surface area contributed by atoms with Crippen molar-refractivity contribution in [3.63, 3.8) is 0 Å². The minimum atomic E-state index is -0.432. The zero-order valence-corrected chi connectivity index (χ0v) is 8.94. The molecule has 2 N–H and O–H groups in total. The molecule has 1 aromatic rings. The third kappa shape index (κ3) is 3.61. The van der Waals surface area contributed by atoms with Crippen molar-refractivity contribution in [1.29, 1.82) is 5.26 Å². The van der Waals surface area contributed by atoms with E-state index >= 15 is 0 Å². The summed E-state index contributed by atoms with van der Waals surface area (Å²) in [4.78, 5) is 0. The Balaban J connectivity index is 2.47. The molecule has 0 aliphatic carbocycles. The van der Waals surface area contributed by atoms with Crippen molar-refractivity contribution >= 4 is 0 Å². The molecule has 15 heavy (non-hydrogen) atoms. The van der Waals surface area contributed by atoms with E-state index in [9.17, 15) is 0 Å². The average Bonchev–Trinajstić information content (AvgIpc) is 2.29. The van der Waals surface area contributed by atoms with Crippen LogP contribution in [0.4, 0.5) is 0 Å². The molecule has 0 spiro atoms. The number of nitriles is 1. The molecule has 0 saturated heterocycles. The van der Waals surface area contributed by atoms with Crippen molar-refractivity contribution in [2.75, 3.05) is 6.61 Å². The summed E-state index contributed by atoms with van der Waals surface area (Å²) < 4.78 is 5.57. The third-order valence-corrected chi connectivity index (χ3v) is 2.21. The van der Waals surface area contributed by atoms with Crippen LogP contribution in [0.5, 0.6) is 5.75 Å². The molecule has 0 saturated carbocycles. The third-order valence-electron chi connectivity index (χ3n) is 2.21. The normalized spacial score (nSPS) is 11.8. The van der Waals surface area contributed by atoms with Crippen LogP contribution in [0.2, 0.25) is 0 Å². The van der Waals surface area contributed by atoms with Crippen LogP contribution >= 0.6 is 0 Å². The molecule has 1 atom stereocenters. The summed E-state index contributed by atoms with van der Waals surface area (Å²) in [5.74, 6) is 0.894. The van der Waals surface area contributed by atoms with Gasteiger partial charge in [0.2, 0.25) is 0 Å². The van der Waals surface area contributed by atoms with Gasteiger partial charge in [0.25, 0.3) is 0 Å². The summed E-state index contributed by atoms with van der Waals surface area (Å²) in [7, 11) is 0. The van der Waals surface area contributed by atoms with Crippen LogP contribution in [0, 0.1) is 11.3 Å². The van der Waals surface area contributed by atoms with E-state index in [1.807, 2.05) is 30.3 Å². The summed E-state index contributed by atoms with van der Waals surface area (Å²) in [6, 6.07) is 9.46. The van der Waals surface area contributed by atoms with Gasteiger partial charge in [-0.15, -0.1) is 0 Å².